The van der Waals surface area contributed by atoms with Crippen molar-refractivity contribution in [1.29, 1.82) is 0 Å². The molecule has 0 N–H and O–H groups in total. The second kappa shape index (κ2) is 6.81. The molecule has 0 saturated heterocycles. The van der Waals surface area contributed by atoms with E-state index >= 15 is 0 Å². The summed E-state index contributed by atoms with van der Waals surface area (Å²) in [6.07, 6.45) is 3.08. The number of methoxy groups -OCH3 is 1. The van der Waals surface area contributed by atoms with Crippen molar-refractivity contribution in [2.45, 2.75) is 57.3 Å². The molecule has 1 saturated carbocycles. The second-order valence-corrected chi connectivity index (χ2v) is 14.4. The summed E-state index contributed by atoms with van der Waals surface area (Å²) in [5.41, 5.74) is -0.168. The highest BCUT2D eigenvalue weighted by Gasteiger charge is 2.74. The molecule has 0 spiro atoms. The summed E-state index contributed by atoms with van der Waals surface area (Å²) in [6, 6.07) is 8.16. The minimum Gasteiger partial charge on any atom is -0.468 e. The molecule has 138 valence electrons. The van der Waals surface area contributed by atoms with Crippen molar-refractivity contribution in [2.24, 2.45) is 5.41 Å². The number of carbonyl (C=O) groups excluding carboxylic acids is 1. The molecule has 0 aliphatic heterocycles. The van der Waals surface area contributed by atoms with Gasteiger partial charge in [-0.1, -0.05) is 45.0 Å². The van der Waals surface area contributed by atoms with Crippen molar-refractivity contribution in [3.8, 4) is 0 Å². The fraction of sp³-hybridized carbons (Fsp3) is 0.550. The molecule has 1 aliphatic rings. The van der Waals surface area contributed by atoms with Crippen LogP contribution in [0.4, 0.5) is 0 Å². The Balaban J connectivity index is 2.41. The Morgan fingerprint density at radius 2 is 1.96 bits per heavy atom. The largest absolute Gasteiger partial charge is 0.468 e. The molecule has 0 radical (unpaired) electrons. The molecular formula is C20H29IO3Si. The van der Waals surface area contributed by atoms with Gasteiger partial charge >= 0.3 is 5.97 Å². The zero-order valence-electron chi connectivity index (χ0n) is 16.1. The van der Waals surface area contributed by atoms with Crippen LogP contribution in [0.15, 0.2) is 36.9 Å². The van der Waals surface area contributed by atoms with Gasteiger partial charge in [-0.25, -0.2) is 0 Å². The number of esters is 1. The van der Waals surface area contributed by atoms with Crippen LogP contribution in [0.5, 0.6) is 0 Å². The van der Waals surface area contributed by atoms with E-state index in [-0.39, 0.29) is 11.0 Å². The molecule has 2 rings (SSSR count). The van der Waals surface area contributed by atoms with Crippen LogP contribution in [-0.2, 0) is 20.4 Å². The number of carbonyl (C=O) groups is 1. The zero-order chi connectivity index (χ0) is 19.1. The van der Waals surface area contributed by atoms with Gasteiger partial charge in [0.05, 0.1) is 12.7 Å². The highest BCUT2D eigenvalue weighted by atomic mass is 127. The first-order valence-electron chi connectivity index (χ1n) is 8.60. The lowest BCUT2D eigenvalue weighted by Gasteiger charge is -2.40. The van der Waals surface area contributed by atoms with E-state index in [9.17, 15) is 4.79 Å². The second-order valence-electron chi connectivity index (χ2n) is 8.47. The molecule has 1 aromatic rings. The number of rotatable bonds is 6. The molecule has 1 aromatic carbocycles. The van der Waals surface area contributed by atoms with Gasteiger partial charge in [0.1, 0.15) is 5.41 Å². The summed E-state index contributed by atoms with van der Waals surface area (Å²) in [5, 5.41) is 0.0641. The fourth-order valence-electron chi connectivity index (χ4n) is 3.15. The molecule has 0 aromatic heterocycles. The van der Waals surface area contributed by atoms with Crippen molar-refractivity contribution >= 4 is 36.9 Å². The van der Waals surface area contributed by atoms with Gasteiger partial charge in [-0.15, -0.1) is 6.58 Å². The van der Waals surface area contributed by atoms with Crippen LogP contribution < -0.4 is 0 Å². The molecule has 2 atom stereocenters. The minimum atomic E-state index is -2.06. The van der Waals surface area contributed by atoms with Crippen molar-refractivity contribution in [2.75, 3.05) is 7.11 Å². The smallest absolute Gasteiger partial charge is 0.315 e. The van der Waals surface area contributed by atoms with Crippen molar-refractivity contribution in [1.82, 2.24) is 0 Å². The van der Waals surface area contributed by atoms with Crippen LogP contribution in [0, 0.1) is 8.99 Å². The maximum Gasteiger partial charge on any atom is 0.315 e. The van der Waals surface area contributed by atoms with Crippen LogP contribution in [0.25, 0.3) is 0 Å². The van der Waals surface area contributed by atoms with E-state index in [2.05, 4.69) is 75.2 Å². The van der Waals surface area contributed by atoms with E-state index in [0.717, 1.165) is 9.13 Å². The number of ether oxygens (including phenoxy) is 1. The van der Waals surface area contributed by atoms with Gasteiger partial charge in [0, 0.05) is 3.57 Å². The van der Waals surface area contributed by atoms with Gasteiger partial charge in [0.2, 0.25) is 0 Å². The number of benzene rings is 1. The molecule has 0 bridgehead atoms. The van der Waals surface area contributed by atoms with Crippen molar-refractivity contribution < 1.29 is 14.0 Å². The fourth-order valence-corrected chi connectivity index (χ4v) is 5.29. The van der Waals surface area contributed by atoms with E-state index in [1.807, 2.05) is 18.2 Å². The maximum atomic E-state index is 12.8. The van der Waals surface area contributed by atoms with Gasteiger partial charge < -0.3 is 9.16 Å². The number of hydrogen-bond acceptors (Lipinski definition) is 3. The van der Waals surface area contributed by atoms with Crippen LogP contribution in [-0.4, -0.2) is 27.0 Å². The Bertz CT molecular complexity index is 680. The van der Waals surface area contributed by atoms with E-state index in [4.69, 9.17) is 9.16 Å². The van der Waals surface area contributed by atoms with Crippen LogP contribution >= 0.6 is 22.6 Å². The Kier molecular flexibility index (Phi) is 5.63. The average molecular weight is 472 g/mol. The normalized spacial score (nSPS) is 26.2. The Hall–Kier alpha value is -0.663. The Morgan fingerprint density at radius 3 is 2.44 bits per heavy atom. The SMILES string of the molecule is C=C[C@]1(O[Si](C)(C)C(C)(C)C)C[C@]1(Cc1ccccc1I)C(=O)OC. The Morgan fingerprint density at radius 1 is 1.36 bits per heavy atom. The molecule has 0 heterocycles. The first-order valence-corrected chi connectivity index (χ1v) is 12.6. The molecular weight excluding hydrogens is 443 g/mol. The number of hydrogen-bond donors (Lipinski definition) is 0. The molecule has 1 fully saturated rings. The number of halogens is 1. The van der Waals surface area contributed by atoms with E-state index < -0.39 is 19.3 Å². The van der Waals surface area contributed by atoms with E-state index in [0.29, 0.717) is 12.8 Å². The zero-order valence-corrected chi connectivity index (χ0v) is 19.3. The summed E-state index contributed by atoms with van der Waals surface area (Å²) in [5.74, 6) is -0.203. The topological polar surface area (TPSA) is 35.5 Å². The van der Waals surface area contributed by atoms with Gasteiger partial charge in [0.15, 0.2) is 8.32 Å². The molecule has 1 aliphatic carbocycles. The molecule has 3 nitrogen and oxygen atoms in total. The standard InChI is InChI=1S/C20H29IO3Si/c1-8-20(24-25(6,7)18(2,3)4)14-19(20,17(22)23-5)13-15-11-9-10-12-16(15)21/h8-12H,1,13-14H2,2-7H3/t19-,20+/m1/s1. The minimum absolute atomic E-state index is 0.0641. The highest BCUT2D eigenvalue weighted by molar-refractivity contribution is 14.1. The first kappa shape index (κ1) is 20.6. The lowest BCUT2D eigenvalue weighted by atomic mass is 9.92. The summed E-state index contributed by atoms with van der Waals surface area (Å²) in [6.45, 7) is 15.1. The third-order valence-electron chi connectivity index (χ3n) is 5.85. The summed E-state index contributed by atoms with van der Waals surface area (Å²) < 4.78 is 13.1. The lowest BCUT2D eigenvalue weighted by molar-refractivity contribution is -0.149. The quantitative estimate of drug-likeness (QED) is 0.243. The third kappa shape index (κ3) is 3.60. The van der Waals surface area contributed by atoms with Gasteiger partial charge in [-0.05, 0) is 65.2 Å². The van der Waals surface area contributed by atoms with Gasteiger partial charge in [0.25, 0.3) is 0 Å². The predicted molar refractivity (Wildman–Crippen MR) is 113 cm³/mol. The molecule has 0 unspecified atom stereocenters. The van der Waals surface area contributed by atoms with E-state index in [1.165, 1.54) is 7.11 Å². The van der Waals surface area contributed by atoms with Gasteiger partial charge in [-0.3, -0.25) is 4.79 Å². The monoisotopic (exact) mass is 472 g/mol. The summed E-state index contributed by atoms with van der Waals surface area (Å²) in [7, 11) is -0.601. The molecule has 5 heteroatoms. The van der Waals surface area contributed by atoms with Crippen LogP contribution in [0.1, 0.15) is 32.8 Å². The maximum absolute atomic E-state index is 12.8. The lowest BCUT2D eigenvalue weighted by Crippen LogP contribution is -2.47. The van der Waals surface area contributed by atoms with E-state index in [1.54, 1.807) is 0 Å². The average Bonchev–Trinajstić information content (AvgIpc) is 3.15. The first-order chi connectivity index (χ1) is 11.4. The van der Waals surface area contributed by atoms with Gasteiger partial charge in [-0.2, -0.15) is 0 Å². The predicted octanol–water partition coefficient (Wildman–Crippen LogP) is 5.34. The van der Waals surface area contributed by atoms with Crippen molar-refractivity contribution in [3.63, 3.8) is 0 Å². The van der Waals surface area contributed by atoms with Crippen LogP contribution in [0.3, 0.4) is 0 Å². The third-order valence-corrected chi connectivity index (χ3v) is 11.4. The van der Waals surface area contributed by atoms with Crippen LogP contribution in [0.2, 0.25) is 18.1 Å². The Labute approximate surface area is 166 Å². The van der Waals surface area contributed by atoms with Crippen molar-refractivity contribution in [3.05, 3.63) is 46.1 Å². The molecule has 0 amide bonds. The summed E-state index contributed by atoms with van der Waals surface area (Å²) >= 11 is 2.32. The summed E-state index contributed by atoms with van der Waals surface area (Å²) in [4.78, 5) is 12.8. The highest BCUT2D eigenvalue weighted by Crippen LogP contribution is 2.64. The molecule has 25 heavy (non-hydrogen) atoms.